The van der Waals surface area contributed by atoms with E-state index in [0.29, 0.717) is 5.69 Å². The van der Waals surface area contributed by atoms with Crippen LogP contribution >= 0.6 is 0 Å². The molecule has 1 aromatic heterocycles. The van der Waals surface area contributed by atoms with Crippen LogP contribution in [0, 0.1) is 0 Å². The third kappa shape index (κ3) is 2.79. The molecule has 2 heterocycles. The van der Waals surface area contributed by atoms with Crippen LogP contribution in [-0.4, -0.2) is 23.2 Å². The van der Waals surface area contributed by atoms with Crippen molar-refractivity contribution >= 4 is 11.6 Å². The maximum atomic E-state index is 13.4. The lowest BCUT2D eigenvalue weighted by Crippen LogP contribution is -2.29. The molecule has 0 unspecified atom stereocenters. The second kappa shape index (κ2) is 6.95. The number of anilines is 1. The number of aromatic amines is 1. The molecule has 0 saturated heterocycles. The summed E-state index contributed by atoms with van der Waals surface area (Å²) in [6.45, 7) is 0. The quantitative estimate of drug-likeness (QED) is 0.551. The number of carbonyl (C=O) groups excluding carboxylic acids is 1. The van der Waals surface area contributed by atoms with Gasteiger partial charge in [-0.05, 0) is 29.8 Å². The summed E-state index contributed by atoms with van der Waals surface area (Å²) in [6.07, 6.45) is 0. The molecule has 1 aliphatic rings. The van der Waals surface area contributed by atoms with E-state index in [1.165, 1.54) is 0 Å². The number of hydrogen-bond donors (Lipinski definition) is 1. The zero-order valence-electron chi connectivity index (χ0n) is 15.9. The van der Waals surface area contributed by atoms with E-state index in [4.69, 9.17) is 4.74 Å². The molecule has 0 bridgehead atoms. The van der Waals surface area contributed by atoms with Gasteiger partial charge in [-0.3, -0.25) is 14.8 Å². The van der Waals surface area contributed by atoms with E-state index in [2.05, 4.69) is 10.2 Å². The maximum absolute atomic E-state index is 13.4. The number of amides is 1. The Morgan fingerprint density at radius 2 is 1.66 bits per heavy atom. The second-order valence-corrected chi connectivity index (χ2v) is 6.92. The number of aromatic nitrogens is 2. The van der Waals surface area contributed by atoms with Gasteiger partial charge in [0.05, 0.1) is 18.8 Å². The topological polar surface area (TPSA) is 58.2 Å². The summed E-state index contributed by atoms with van der Waals surface area (Å²) in [4.78, 5) is 15.2. The molecule has 5 heteroatoms. The standard InChI is InChI=1S/C24H19N3O2/c1-29-19-14-8-11-17(15-19)23-20-21(16-9-4-2-5-10-16)25-26-22(20)24(28)27(23)18-12-6-3-7-13-18/h2-15,23H,1H3,(H,25,26)/t23-/m1/s1. The van der Waals surface area contributed by atoms with Crippen LogP contribution in [0.15, 0.2) is 84.9 Å². The first-order valence-electron chi connectivity index (χ1n) is 9.44. The van der Waals surface area contributed by atoms with Crippen LogP contribution < -0.4 is 9.64 Å². The van der Waals surface area contributed by atoms with Crippen LogP contribution in [0.3, 0.4) is 0 Å². The smallest absolute Gasteiger partial charge is 0.277 e. The monoisotopic (exact) mass is 381 g/mol. The molecule has 29 heavy (non-hydrogen) atoms. The first kappa shape index (κ1) is 17.3. The van der Waals surface area contributed by atoms with E-state index in [9.17, 15) is 4.79 Å². The van der Waals surface area contributed by atoms with E-state index >= 15 is 0 Å². The number of rotatable bonds is 4. The summed E-state index contributed by atoms with van der Waals surface area (Å²) in [5.74, 6) is 0.662. The molecular formula is C24H19N3O2. The van der Waals surface area contributed by atoms with Crippen molar-refractivity contribution in [1.82, 2.24) is 10.2 Å². The van der Waals surface area contributed by atoms with Crippen LogP contribution in [0.1, 0.15) is 27.7 Å². The number of benzene rings is 3. The second-order valence-electron chi connectivity index (χ2n) is 6.92. The number of carbonyl (C=O) groups is 1. The van der Waals surface area contributed by atoms with Gasteiger partial charge in [-0.2, -0.15) is 5.10 Å². The lowest BCUT2D eigenvalue weighted by molar-refractivity contribution is 0.0988. The van der Waals surface area contributed by atoms with Gasteiger partial charge in [0.25, 0.3) is 5.91 Å². The maximum Gasteiger partial charge on any atom is 0.277 e. The van der Waals surface area contributed by atoms with Crippen molar-refractivity contribution < 1.29 is 9.53 Å². The highest BCUT2D eigenvalue weighted by molar-refractivity contribution is 6.11. The number of para-hydroxylation sites is 1. The first-order chi connectivity index (χ1) is 14.3. The van der Waals surface area contributed by atoms with Gasteiger partial charge < -0.3 is 4.74 Å². The predicted molar refractivity (Wildman–Crippen MR) is 112 cm³/mol. The average Bonchev–Trinajstić information content (AvgIpc) is 3.34. The van der Waals surface area contributed by atoms with E-state index in [-0.39, 0.29) is 11.9 Å². The summed E-state index contributed by atoms with van der Waals surface area (Å²) in [7, 11) is 1.65. The zero-order chi connectivity index (χ0) is 19.8. The molecule has 0 radical (unpaired) electrons. The van der Waals surface area contributed by atoms with E-state index in [1.54, 1.807) is 7.11 Å². The van der Waals surface area contributed by atoms with Gasteiger partial charge in [0.1, 0.15) is 11.4 Å². The van der Waals surface area contributed by atoms with Crippen LogP contribution in [0.2, 0.25) is 0 Å². The third-order valence-corrected chi connectivity index (χ3v) is 5.26. The highest BCUT2D eigenvalue weighted by Gasteiger charge is 2.43. The Kier molecular flexibility index (Phi) is 4.13. The van der Waals surface area contributed by atoms with Gasteiger partial charge >= 0.3 is 0 Å². The Morgan fingerprint density at radius 1 is 0.931 bits per heavy atom. The van der Waals surface area contributed by atoms with Crippen molar-refractivity contribution in [3.8, 4) is 17.0 Å². The molecule has 1 N–H and O–H groups in total. The Hall–Kier alpha value is -3.86. The summed E-state index contributed by atoms with van der Waals surface area (Å²) in [6, 6.07) is 27.2. The van der Waals surface area contributed by atoms with Gasteiger partial charge in [0, 0.05) is 16.8 Å². The van der Waals surface area contributed by atoms with Gasteiger partial charge in [0.15, 0.2) is 0 Å². The number of ether oxygens (including phenoxy) is 1. The molecule has 0 saturated carbocycles. The van der Waals surface area contributed by atoms with Crippen molar-refractivity contribution in [2.24, 2.45) is 0 Å². The van der Waals surface area contributed by atoms with Crippen LogP contribution in [0.4, 0.5) is 5.69 Å². The number of fused-ring (bicyclic) bond motifs is 1. The Bertz CT molecular complexity index is 1170. The van der Waals surface area contributed by atoms with Gasteiger partial charge in [-0.1, -0.05) is 60.7 Å². The van der Waals surface area contributed by atoms with E-state index in [1.807, 2.05) is 89.8 Å². The fourth-order valence-electron chi connectivity index (χ4n) is 3.95. The molecule has 0 spiro atoms. The van der Waals surface area contributed by atoms with Crippen molar-refractivity contribution in [3.63, 3.8) is 0 Å². The predicted octanol–water partition coefficient (Wildman–Crippen LogP) is 4.84. The largest absolute Gasteiger partial charge is 0.497 e. The SMILES string of the molecule is COc1cccc([C@@H]2c3c(-c4ccccc4)n[nH]c3C(=O)N2c2ccccc2)c1. The Balaban J connectivity index is 1.74. The number of nitrogens with one attached hydrogen (secondary N) is 1. The summed E-state index contributed by atoms with van der Waals surface area (Å²) in [5.41, 5.74) is 4.99. The van der Waals surface area contributed by atoms with Crippen molar-refractivity contribution in [2.75, 3.05) is 12.0 Å². The minimum atomic E-state index is -0.302. The lowest BCUT2D eigenvalue weighted by atomic mass is 9.95. The van der Waals surface area contributed by atoms with Crippen LogP contribution in [0.5, 0.6) is 5.75 Å². The average molecular weight is 381 g/mol. The summed E-state index contributed by atoms with van der Waals surface area (Å²) >= 11 is 0. The number of methoxy groups -OCH3 is 1. The number of nitrogens with zero attached hydrogens (tertiary/aromatic N) is 2. The molecule has 1 amide bonds. The molecule has 0 aliphatic carbocycles. The van der Waals surface area contributed by atoms with Gasteiger partial charge in [0.2, 0.25) is 0 Å². The lowest BCUT2D eigenvalue weighted by Gasteiger charge is -2.26. The zero-order valence-corrected chi connectivity index (χ0v) is 15.9. The minimum Gasteiger partial charge on any atom is -0.497 e. The molecule has 142 valence electrons. The van der Waals surface area contributed by atoms with Crippen LogP contribution in [-0.2, 0) is 0 Å². The number of hydrogen-bond acceptors (Lipinski definition) is 3. The van der Waals surface area contributed by atoms with E-state index < -0.39 is 0 Å². The highest BCUT2D eigenvalue weighted by atomic mass is 16.5. The molecule has 1 aliphatic heterocycles. The molecule has 4 aromatic rings. The molecule has 3 aromatic carbocycles. The molecule has 1 atom stereocenters. The fraction of sp³-hybridized carbons (Fsp3) is 0.0833. The van der Waals surface area contributed by atoms with E-state index in [0.717, 1.165) is 33.8 Å². The van der Waals surface area contributed by atoms with Gasteiger partial charge in [-0.15, -0.1) is 0 Å². The van der Waals surface area contributed by atoms with Crippen molar-refractivity contribution in [3.05, 3.63) is 102 Å². The van der Waals surface area contributed by atoms with Gasteiger partial charge in [-0.25, -0.2) is 0 Å². The van der Waals surface area contributed by atoms with Crippen LogP contribution in [0.25, 0.3) is 11.3 Å². The molecule has 5 rings (SSSR count). The summed E-state index contributed by atoms with van der Waals surface area (Å²) in [5, 5.41) is 7.49. The minimum absolute atomic E-state index is 0.0892. The molecular weight excluding hydrogens is 362 g/mol. The van der Waals surface area contributed by atoms with Crippen molar-refractivity contribution in [1.29, 1.82) is 0 Å². The first-order valence-corrected chi connectivity index (χ1v) is 9.44. The molecule has 5 nitrogen and oxygen atoms in total. The third-order valence-electron chi connectivity index (χ3n) is 5.26. The van der Waals surface area contributed by atoms with Crippen molar-refractivity contribution in [2.45, 2.75) is 6.04 Å². The summed E-state index contributed by atoms with van der Waals surface area (Å²) < 4.78 is 5.44. The Morgan fingerprint density at radius 3 is 2.38 bits per heavy atom. The number of H-pyrrole nitrogens is 1. The molecule has 0 fully saturated rings. The fourth-order valence-corrected chi connectivity index (χ4v) is 3.95. The Labute approximate surface area is 168 Å². The highest BCUT2D eigenvalue weighted by Crippen LogP contribution is 2.45. The normalized spacial score (nSPS) is 15.4.